The van der Waals surface area contributed by atoms with Gasteiger partial charge in [0.1, 0.15) is 5.82 Å². The Morgan fingerprint density at radius 3 is 2.14 bits per heavy atom. The van der Waals surface area contributed by atoms with Gasteiger partial charge in [-0.3, -0.25) is 0 Å². The zero-order valence-corrected chi connectivity index (χ0v) is 12.2. The molecule has 0 saturated heterocycles. The van der Waals surface area contributed by atoms with E-state index in [2.05, 4.69) is 10.3 Å². The zero-order chi connectivity index (χ0) is 15.6. The molecule has 0 radical (unpaired) electrons. The second-order valence-corrected chi connectivity index (χ2v) is 5.35. The van der Waals surface area contributed by atoms with Crippen LogP contribution in [-0.4, -0.2) is 15.0 Å². The van der Waals surface area contributed by atoms with Crippen LogP contribution in [0.3, 0.4) is 0 Å². The molecular weight excluding hydrogens is 308 g/mol. The first-order valence-corrected chi connectivity index (χ1v) is 7.01. The standard InChI is InChI=1S/C16H12ClF2N3/c17-14-5-1-12(2-6-14)16(19,11-22-10-9-20-21-22)13-3-7-15(18)8-4-13/h1-10H,11H2. The number of hydrogen-bond acceptors (Lipinski definition) is 2. The van der Waals surface area contributed by atoms with Crippen LogP contribution in [-0.2, 0) is 12.2 Å². The summed E-state index contributed by atoms with van der Waals surface area (Å²) in [6, 6.07) is 11.8. The fraction of sp³-hybridized carbons (Fsp3) is 0.125. The molecule has 3 rings (SSSR count). The van der Waals surface area contributed by atoms with Crippen LogP contribution in [0.2, 0.25) is 5.02 Å². The van der Waals surface area contributed by atoms with Gasteiger partial charge in [0.25, 0.3) is 0 Å². The summed E-state index contributed by atoms with van der Waals surface area (Å²) in [5.74, 6) is -0.414. The molecule has 1 unspecified atom stereocenters. The lowest BCUT2D eigenvalue weighted by Crippen LogP contribution is -2.28. The number of halogens is 3. The van der Waals surface area contributed by atoms with Gasteiger partial charge in [-0.05, 0) is 35.4 Å². The van der Waals surface area contributed by atoms with Gasteiger partial charge in [-0.15, -0.1) is 5.10 Å². The van der Waals surface area contributed by atoms with Gasteiger partial charge in [-0.25, -0.2) is 13.5 Å². The van der Waals surface area contributed by atoms with Crippen molar-refractivity contribution in [1.82, 2.24) is 15.0 Å². The van der Waals surface area contributed by atoms with E-state index in [-0.39, 0.29) is 6.54 Å². The number of rotatable bonds is 4. The van der Waals surface area contributed by atoms with Gasteiger partial charge in [0.05, 0.1) is 12.7 Å². The predicted octanol–water partition coefficient (Wildman–Crippen LogP) is 3.98. The third-order valence-electron chi connectivity index (χ3n) is 3.46. The monoisotopic (exact) mass is 319 g/mol. The lowest BCUT2D eigenvalue weighted by atomic mass is 9.88. The Hall–Kier alpha value is -2.27. The number of nitrogens with zero attached hydrogens (tertiary/aromatic N) is 3. The quantitative estimate of drug-likeness (QED) is 0.728. The Bertz CT molecular complexity index is 695. The highest BCUT2D eigenvalue weighted by molar-refractivity contribution is 6.30. The summed E-state index contributed by atoms with van der Waals surface area (Å²) >= 11 is 5.87. The van der Waals surface area contributed by atoms with Gasteiger partial charge in [-0.2, -0.15) is 0 Å². The van der Waals surface area contributed by atoms with Gasteiger partial charge < -0.3 is 0 Å². The van der Waals surface area contributed by atoms with Gasteiger partial charge in [0.15, 0.2) is 5.67 Å². The molecule has 2 aromatic carbocycles. The lowest BCUT2D eigenvalue weighted by Gasteiger charge is -2.26. The fourth-order valence-corrected chi connectivity index (χ4v) is 2.44. The molecule has 0 bridgehead atoms. The largest absolute Gasteiger partial charge is 0.249 e. The van der Waals surface area contributed by atoms with Gasteiger partial charge in [-0.1, -0.05) is 41.1 Å². The maximum Gasteiger partial charge on any atom is 0.180 e. The molecule has 22 heavy (non-hydrogen) atoms. The van der Waals surface area contributed by atoms with E-state index < -0.39 is 11.5 Å². The van der Waals surface area contributed by atoms with Gasteiger partial charge in [0.2, 0.25) is 0 Å². The van der Waals surface area contributed by atoms with E-state index in [0.717, 1.165) is 0 Å². The minimum Gasteiger partial charge on any atom is -0.249 e. The topological polar surface area (TPSA) is 30.7 Å². The molecule has 0 aliphatic carbocycles. The zero-order valence-electron chi connectivity index (χ0n) is 11.5. The van der Waals surface area contributed by atoms with Crippen LogP contribution >= 0.6 is 11.6 Å². The summed E-state index contributed by atoms with van der Waals surface area (Å²) in [5, 5.41) is 8.02. The average Bonchev–Trinajstić information content (AvgIpc) is 3.01. The van der Waals surface area contributed by atoms with Crippen molar-refractivity contribution in [2.75, 3.05) is 0 Å². The molecule has 112 valence electrons. The minimum absolute atomic E-state index is 0.0692. The van der Waals surface area contributed by atoms with Gasteiger partial charge in [0, 0.05) is 11.2 Å². The molecular formula is C16H12ClF2N3. The fourth-order valence-electron chi connectivity index (χ4n) is 2.32. The summed E-state index contributed by atoms with van der Waals surface area (Å²) in [7, 11) is 0. The maximum absolute atomic E-state index is 15.8. The van der Waals surface area contributed by atoms with E-state index in [1.807, 2.05) is 0 Å². The SMILES string of the molecule is Fc1ccc(C(F)(Cn2ccnn2)c2ccc(Cl)cc2)cc1. The second kappa shape index (κ2) is 5.85. The maximum atomic E-state index is 15.8. The third-order valence-corrected chi connectivity index (χ3v) is 3.71. The van der Waals surface area contributed by atoms with Crippen LogP contribution in [0, 0.1) is 5.82 Å². The molecule has 1 aromatic heterocycles. The molecule has 0 amide bonds. The first-order chi connectivity index (χ1) is 10.6. The third kappa shape index (κ3) is 2.85. The second-order valence-electron chi connectivity index (χ2n) is 4.92. The van der Waals surface area contributed by atoms with E-state index in [0.29, 0.717) is 16.1 Å². The Morgan fingerprint density at radius 2 is 1.59 bits per heavy atom. The van der Waals surface area contributed by atoms with E-state index in [1.165, 1.54) is 35.1 Å². The highest BCUT2D eigenvalue weighted by Gasteiger charge is 2.35. The van der Waals surface area contributed by atoms with Crippen LogP contribution in [0.4, 0.5) is 8.78 Å². The molecule has 0 N–H and O–H groups in total. The smallest absolute Gasteiger partial charge is 0.180 e. The van der Waals surface area contributed by atoms with Crippen LogP contribution in [0.5, 0.6) is 0 Å². The van der Waals surface area contributed by atoms with Crippen molar-refractivity contribution in [2.45, 2.75) is 12.2 Å². The van der Waals surface area contributed by atoms with Crippen molar-refractivity contribution in [1.29, 1.82) is 0 Å². The van der Waals surface area contributed by atoms with E-state index in [4.69, 9.17) is 11.6 Å². The normalized spacial score (nSPS) is 13.8. The molecule has 0 saturated carbocycles. The average molecular weight is 320 g/mol. The number of benzene rings is 2. The minimum atomic E-state index is -1.87. The highest BCUT2D eigenvalue weighted by Crippen LogP contribution is 2.36. The van der Waals surface area contributed by atoms with Crippen LogP contribution in [0.25, 0.3) is 0 Å². The van der Waals surface area contributed by atoms with E-state index in [9.17, 15) is 4.39 Å². The first-order valence-electron chi connectivity index (χ1n) is 6.63. The highest BCUT2D eigenvalue weighted by atomic mass is 35.5. The Labute approximate surface area is 131 Å². The molecule has 0 aliphatic rings. The van der Waals surface area contributed by atoms with Crippen molar-refractivity contribution in [2.24, 2.45) is 0 Å². The van der Waals surface area contributed by atoms with Crippen molar-refractivity contribution in [3.8, 4) is 0 Å². The Morgan fingerprint density at radius 1 is 1.00 bits per heavy atom. The number of alkyl halides is 1. The summed E-state index contributed by atoms with van der Waals surface area (Å²) < 4.78 is 30.4. The lowest BCUT2D eigenvalue weighted by molar-refractivity contribution is 0.180. The summed E-state index contributed by atoms with van der Waals surface area (Å²) in [6.07, 6.45) is 3.06. The molecule has 3 aromatic rings. The number of hydrogen-bond donors (Lipinski definition) is 0. The molecule has 1 heterocycles. The van der Waals surface area contributed by atoms with Crippen molar-refractivity contribution >= 4 is 11.6 Å². The molecule has 0 fully saturated rings. The number of aromatic nitrogens is 3. The van der Waals surface area contributed by atoms with Crippen LogP contribution in [0.1, 0.15) is 11.1 Å². The summed E-state index contributed by atoms with van der Waals surface area (Å²) in [5.41, 5.74) is -1.11. The molecule has 6 heteroatoms. The van der Waals surface area contributed by atoms with Crippen molar-refractivity contribution in [3.63, 3.8) is 0 Å². The Kier molecular flexibility index (Phi) is 3.90. The van der Waals surface area contributed by atoms with Crippen molar-refractivity contribution < 1.29 is 8.78 Å². The predicted molar refractivity (Wildman–Crippen MR) is 79.8 cm³/mol. The Balaban J connectivity index is 2.08. The summed E-state index contributed by atoms with van der Waals surface area (Å²) in [4.78, 5) is 0. The van der Waals surface area contributed by atoms with Crippen LogP contribution in [0.15, 0.2) is 60.9 Å². The molecule has 1 atom stereocenters. The van der Waals surface area contributed by atoms with Gasteiger partial charge >= 0.3 is 0 Å². The first kappa shape index (κ1) is 14.7. The molecule has 3 nitrogen and oxygen atoms in total. The molecule has 0 aliphatic heterocycles. The van der Waals surface area contributed by atoms with Crippen molar-refractivity contribution in [3.05, 3.63) is 82.9 Å². The van der Waals surface area contributed by atoms with E-state index in [1.54, 1.807) is 30.5 Å². The molecule has 0 spiro atoms. The summed E-state index contributed by atoms with van der Waals surface area (Å²) in [6.45, 7) is -0.0692. The van der Waals surface area contributed by atoms with E-state index >= 15 is 4.39 Å². The van der Waals surface area contributed by atoms with Crippen LogP contribution < -0.4 is 0 Å².